The SMILES string of the molecule is O=C(O)c1coc(COCC2CC2)c1. The molecule has 0 unspecified atom stereocenters. The second-order valence-electron chi connectivity index (χ2n) is 3.57. The highest BCUT2D eigenvalue weighted by molar-refractivity contribution is 5.87. The Kier molecular flexibility index (Phi) is 2.54. The molecule has 1 aromatic heterocycles. The number of hydrogen-bond donors (Lipinski definition) is 1. The summed E-state index contributed by atoms with van der Waals surface area (Å²) in [7, 11) is 0. The van der Waals surface area contributed by atoms with Gasteiger partial charge in [0.15, 0.2) is 0 Å². The first-order chi connectivity index (χ1) is 6.75. The first-order valence-electron chi connectivity index (χ1n) is 4.64. The average Bonchev–Trinajstić information content (AvgIpc) is 2.82. The molecule has 2 rings (SSSR count). The van der Waals surface area contributed by atoms with Crippen molar-refractivity contribution in [2.24, 2.45) is 5.92 Å². The van der Waals surface area contributed by atoms with Gasteiger partial charge < -0.3 is 14.3 Å². The van der Waals surface area contributed by atoms with Gasteiger partial charge in [-0.25, -0.2) is 4.79 Å². The van der Waals surface area contributed by atoms with E-state index in [2.05, 4.69) is 0 Å². The maximum absolute atomic E-state index is 10.5. The Balaban J connectivity index is 1.79. The van der Waals surface area contributed by atoms with Crippen LogP contribution in [0.4, 0.5) is 0 Å². The summed E-state index contributed by atoms with van der Waals surface area (Å²) in [5.74, 6) is 0.314. The van der Waals surface area contributed by atoms with Crippen LogP contribution in [0.1, 0.15) is 29.0 Å². The zero-order valence-electron chi connectivity index (χ0n) is 7.73. The Morgan fingerprint density at radius 3 is 3.00 bits per heavy atom. The van der Waals surface area contributed by atoms with E-state index in [1.54, 1.807) is 0 Å². The topological polar surface area (TPSA) is 59.7 Å². The van der Waals surface area contributed by atoms with Crippen LogP contribution in [0, 0.1) is 5.92 Å². The molecule has 1 heterocycles. The van der Waals surface area contributed by atoms with Crippen molar-refractivity contribution in [3.8, 4) is 0 Å². The summed E-state index contributed by atoms with van der Waals surface area (Å²) in [6, 6.07) is 1.50. The number of carboxylic acids is 1. The summed E-state index contributed by atoms with van der Waals surface area (Å²) in [4.78, 5) is 10.5. The number of ether oxygens (including phenoxy) is 1. The standard InChI is InChI=1S/C10H12O4/c11-10(12)8-3-9(14-5-8)6-13-4-7-1-2-7/h3,5,7H,1-2,4,6H2,(H,11,12). The van der Waals surface area contributed by atoms with Crippen molar-refractivity contribution < 1.29 is 19.1 Å². The van der Waals surface area contributed by atoms with Crippen molar-refractivity contribution in [1.29, 1.82) is 0 Å². The number of rotatable bonds is 5. The normalized spacial score (nSPS) is 15.7. The maximum Gasteiger partial charge on any atom is 0.338 e. The third kappa shape index (κ3) is 2.35. The summed E-state index contributed by atoms with van der Waals surface area (Å²) in [5.41, 5.74) is 0.176. The Morgan fingerprint density at radius 1 is 1.64 bits per heavy atom. The number of carbonyl (C=O) groups is 1. The van der Waals surface area contributed by atoms with Crippen LogP contribution in [0.15, 0.2) is 16.7 Å². The van der Waals surface area contributed by atoms with Crippen LogP contribution in [0.2, 0.25) is 0 Å². The molecule has 0 aliphatic heterocycles. The smallest absolute Gasteiger partial charge is 0.338 e. The molecule has 1 aliphatic rings. The lowest BCUT2D eigenvalue weighted by atomic mass is 10.3. The molecule has 1 aliphatic carbocycles. The third-order valence-corrected chi connectivity index (χ3v) is 2.20. The minimum absolute atomic E-state index is 0.176. The van der Waals surface area contributed by atoms with Crippen LogP contribution in [0.3, 0.4) is 0 Å². The second-order valence-corrected chi connectivity index (χ2v) is 3.57. The summed E-state index contributed by atoms with van der Waals surface area (Å²) >= 11 is 0. The van der Waals surface area contributed by atoms with E-state index >= 15 is 0 Å². The van der Waals surface area contributed by atoms with Crippen molar-refractivity contribution in [3.05, 3.63) is 23.7 Å². The first-order valence-corrected chi connectivity index (χ1v) is 4.64. The van der Waals surface area contributed by atoms with Gasteiger partial charge in [-0.05, 0) is 24.8 Å². The molecule has 0 amide bonds. The third-order valence-electron chi connectivity index (χ3n) is 2.20. The van der Waals surface area contributed by atoms with Crippen molar-refractivity contribution in [2.45, 2.75) is 19.4 Å². The molecule has 0 radical (unpaired) electrons. The van der Waals surface area contributed by atoms with Crippen LogP contribution < -0.4 is 0 Å². The number of furan rings is 1. The highest BCUT2D eigenvalue weighted by atomic mass is 16.5. The van der Waals surface area contributed by atoms with E-state index in [4.69, 9.17) is 14.3 Å². The van der Waals surface area contributed by atoms with E-state index in [1.807, 2.05) is 0 Å². The van der Waals surface area contributed by atoms with Crippen molar-refractivity contribution in [1.82, 2.24) is 0 Å². The molecular weight excluding hydrogens is 184 g/mol. The van der Waals surface area contributed by atoms with E-state index in [0.29, 0.717) is 18.3 Å². The molecule has 0 spiro atoms. The van der Waals surface area contributed by atoms with Gasteiger partial charge in [0.05, 0.1) is 5.56 Å². The van der Waals surface area contributed by atoms with Gasteiger partial charge in [0.25, 0.3) is 0 Å². The van der Waals surface area contributed by atoms with E-state index in [1.165, 1.54) is 25.2 Å². The van der Waals surface area contributed by atoms with Gasteiger partial charge in [0.1, 0.15) is 18.6 Å². The van der Waals surface area contributed by atoms with Crippen LogP contribution in [-0.2, 0) is 11.3 Å². The van der Waals surface area contributed by atoms with Crippen LogP contribution >= 0.6 is 0 Å². The predicted molar refractivity (Wildman–Crippen MR) is 48.0 cm³/mol. The van der Waals surface area contributed by atoms with Gasteiger partial charge in [0.2, 0.25) is 0 Å². The monoisotopic (exact) mass is 196 g/mol. The number of hydrogen-bond acceptors (Lipinski definition) is 3. The van der Waals surface area contributed by atoms with Gasteiger partial charge >= 0.3 is 5.97 Å². The molecule has 0 bridgehead atoms. The van der Waals surface area contributed by atoms with Crippen molar-refractivity contribution >= 4 is 5.97 Å². The van der Waals surface area contributed by atoms with E-state index in [0.717, 1.165) is 6.61 Å². The zero-order valence-corrected chi connectivity index (χ0v) is 7.73. The van der Waals surface area contributed by atoms with E-state index < -0.39 is 5.97 Å². The van der Waals surface area contributed by atoms with Crippen molar-refractivity contribution in [3.63, 3.8) is 0 Å². The molecule has 76 valence electrons. The zero-order chi connectivity index (χ0) is 9.97. The summed E-state index contributed by atoms with van der Waals surface area (Å²) in [6.45, 7) is 1.12. The molecule has 1 N–H and O–H groups in total. The molecule has 0 aromatic carbocycles. The average molecular weight is 196 g/mol. The quantitative estimate of drug-likeness (QED) is 0.781. The Hall–Kier alpha value is -1.29. The van der Waals surface area contributed by atoms with Crippen LogP contribution in [0.5, 0.6) is 0 Å². The van der Waals surface area contributed by atoms with Crippen LogP contribution in [0.25, 0.3) is 0 Å². The lowest BCUT2D eigenvalue weighted by Crippen LogP contribution is -1.96. The predicted octanol–water partition coefficient (Wildman–Crippen LogP) is 1.90. The molecule has 4 nitrogen and oxygen atoms in total. The molecule has 1 fully saturated rings. The molecular formula is C10H12O4. The first kappa shape index (κ1) is 9.27. The van der Waals surface area contributed by atoms with E-state index in [-0.39, 0.29) is 5.56 Å². The van der Waals surface area contributed by atoms with Gasteiger partial charge in [-0.2, -0.15) is 0 Å². The molecule has 0 saturated heterocycles. The lowest BCUT2D eigenvalue weighted by Gasteiger charge is -1.98. The maximum atomic E-state index is 10.5. The highest BCUT2D eigenvalue weighted by Gasteiger charge is 2.21. The number of aromatic carboxylic acids is 1. The van der Waals surface area contributed by atoms with Gasteiger partial charge in [-0.1, -0.05) is 0 Å². The highest BCUT2D eigenvalue weighted by Crippen LogP contribution is 2.29. The fraction of sp³-hybridized carbons (Fsp3) is 0.500. The molecule has 0 atom stereocenters. The summed E-state index contributed by atoms with van der Waals surface area (Å²) < 4.78 is 10.4. The minimum atomic E-state index is -0.970. The Morgan fingerprint density at radius 2 is 2.43 bits per heavy atom. The van der Waals surface area contributed by atoms with Crippen molar-refractivity contribution in [2.75, 3.05) is 6.61 Å². The largest absolute Gasteiger partial charge is 0.478 e. The molecule has 1 saturated carbocycles. The molecule has 1 aromatic rings. The van der Waals surface area contributed by atoms with Crippen LogP contribution in [-0.4, -0.2) is 17.7 Å². The number of carboxylic acid groups (broad SMARTS) is 1. The van der Waals surface area contributed by atoms with Gasteiger partial charge in [0, 0.05) is 6.61 Å². The summed E-state index contributed by atoms with van der Waals surface area (Å²) in [5, 5.41) is 8.62. The minimum Gasteiger partial charge on any atom is -0.478 e. The fourth-order valence-electron chi connectivity index (χ4n) is 1.18. The lowest BCUT2D eigenvalue weighted by molar-refractivity contribution is 0.0696. The summed E-state index contributed by atoms with van der Waals surface area (Å²) in [6.07, 6.45) is 3.73. The molecule has 14 heavy (non-hydrogen) atoms. The Bertz CT molecular complexity index is 325. The second kappa shape index (κ2) is 3.84. The van der Waals surface area contributed by atoms with Gasteiger partial charge in [-0.15, -0.1) is 0 Å². The Labute approximate surface area is 81.5 Å². The fourth-order valence-corrected chi connectivity index (χ4v) is 1.18. The molecule has 4 heteroatoms. The van der Waals surface area contributed by atoms with Gasteiger partial charge in [-0.3, -0.25) is 0 Å². The van der Waals surface area contributed by atoms with E-state index in [9.17, 15) is 4.79 Å².